The summed E-state index contributed by atoms with van der Waals surface area (Å²) in [6, 6.07) is 7.55. The lowest BCUT2D eigenvalue weighted by Gasteiger charge is -2.07. The number of aromatic nitrogens is 4. The zero-order chi connectivity index (χ0) is 15.5. The van der Waals surface area contributed by atoms with Gasteiger partial charge in [-0.15, -0.1) is 11.3 Å². The summed E-state index contributed by atoms with van der Waals surface area (Å²) in [4.78, 5) is 17.3. The van der Waals surface area contributed by atoms with Crippen molar-refractivity contribution in [1.82, 2.24) is 19.7 Å². The number of H-pyrrole nitrogens is 1. The van der Waals surface area contributed by atoms with Crippen LogP contribution in [0.5, 0.6) is 0 Å². The number of anilines is 1. The van der Waals surface area contributed by atoms with Crippen molar-refractivity contribution >= 4 is 35.3 Å². The maximum absolute atomic E-state index is 12.2. The molecule has 2 N–H and O–H groups in total. The summed E-state index contributed by atoms with van der Waals surface area (Å²) in [5, 5.41) is 11.6. The zero-order valence-corrected chi connectivity index (χ0v) is 13.4. The number of amides is 1. The number of nitrogens with one attached hydrogen (secondary N) is 2. The predicted molar refractivity (Wildman–Crippen MR) is 88.3 cm³/mol. The molecule has 8 heteroatoms. The molecule has 0 radical (unpaired) electrons. The lowest BCUT2D eigenvalue weighted by Crippen LogP contribution is -2.20. The largest absolute Gasteiger partial charge is 0.309 e. The third-order valence-electron chi connectivity index (χ3n) is 2.98. The second kappa shape index (κ2) is 6.20. The van der Waals surface area contributed by atoms with Crippen LogP contribution in [0.2, 0.25) is 0 Å². The smallest absolute Gasteiger partial charge is 0.245 e. The van der Waals surface area contributed by atoms with Crippen molar-refractivity contribution in [3.63, 3.8) is 0 Å². The van der Waals surface area contributed by atoms with Gasteiger partial charge >= 0.3 is 0 Å². The Kier molecular flexibility index (Phi) is 4.12. The molecule has 0 saturated carbocycles. The molecule has 6 nitrogen and oxygen atoms in total. The Labute approximate surface area is 135 Å². The van der Waals surface area contributed by atoms with E-state index in [-0.39, 0.29) is 12.5 Å². The van der Waals surface area contributed by atoms with Crippen molar-refractivity contribution < 1.29 is 4.79 Å². The molecule has 22 heavy (non-hydrogen) atoms. The second-order valence-corrected chi connectivity index (χ2v) is 6.02. The van der Waals surface area contributed by atoms with Crippen molar-refractivity contribution in [3.8, 4) is 10.7 Å². The van der Waals surface area contributed by atoms with Gasteiger partial charge < -0.3 is 5.32 Å². The molecule has 0 aliphatic carbocycles. The average Bonchev–Trinajstić information content (AvgIpc) is 3.10. The minimum absolute atomic E-state index is 0.0815. The van der Waals surface area contributed by atoms with Crippen LogP contribution in [-0.2, 0) is 11.3 Å². The van der Waals surface area contributed by atoms with Crippen LogP contribution in [0.3, 0.4) is 0 Å². The van der Waals surface area contributed by atoms with E-state index in [1.54, 1.807) is 22.1 Å². The van der Waals surface area contributed by atoms with Crippen LogP contribution in [0, 0.1) is 11.7 Å². The number of aryl methyl sites for hydroxylation is 1. The minimum atomic E-state index is -0.201. The van der Waals surface area contributed by atoms with Gasteiger partial charge in [-0.3, -0.25) is 14.5 Å². The van der Waals surface area contributed by atoms with Crippen LogP contribution < -0.4 is 5.32 Å². The van der Waals surface area contributed by atoms with Crippen molar-refractivity contribution in [3.05, 3.63) is 46.2 Å². The first-order valence-electron chi connectivity index (χ1n) is 6.55. The number of pyridine rings is 1. The van der Waals surface area contributed by atoms with Gasteiger partial charge in [0.05, 0.1) is 4.88 Å². The maximum Gasteiger partial charge on any atom is 0.245 e. The molecule has 0 spiro atoms. The Morgan fingerprint density at radius 1 is 1.50 bits per heavy atom. The molecular formula is C14H13N5OS2. The Hall–Kier alpha value is -2.32. The van der Waals surface area contributed by atoms with Gasteiger partial charge in [0.1, 0.15) is 12.4 Å². The van der Waals surface area contributed by atoms with E-state index < -0.39 is 0 Å². The van der Waals surface area contributed by atoms with Gasteiger partial charge in [0, 0.05) is 6.20 Å². The molecule has 0 aliphatic heterocycles. The fourth-order valence-corrected chi connectivity index (χ4v) is 2.91. The van der Waals surface area contributed by atoms with Gasteiger partial charge in [0.15, 0.2) is 10.6 Å². The van der Waals surface area contributed by atoms with Crippen molar-refractivity contribution in [2.24, 2.45) is 0 Å². The number of carbonyl (C=O) groups excluding carboxylic acids is 1. The molecule has 3 heterocycles. The molecule has 0 atom stereocenters. The number of aromatic amines is 1. The summed E-state index contributed by atoms with van der Waals surface area (Å²) in [6.07, 6.45) is 1.66. The standard InChI is InChI=1S/C14H13N5OS2/c1-9-4-5-15-11(7-9)16-12(20)8-19-13(17-18-14(19)21)10-3-2-6-22-10/h2-7H,8H2,1H3,(H,18,21)(H,15,16,20). The normalized spacial score (nSPS) is 10.6. The number of nitrogens with zero attached hydrogens (tertiary/aromatic N) is 3. The molecule has 1 amide bonds. The van der Waals surface area contributed by atoms with Crippen LogP contribution in [-0.4, -0.2) is 25.7 Å². The van der Waals surface area contributed by atoms with Gasteiger partial charge in [-0.05, 0) is 48.3 Å². The van der Waals surface area contributed by atoms with E-state index in [1.165, 1.54) is 0 Å². The number of hydrogen-bond acceptors (Lipinski definition) is 5. The highest BCUT2D eigenvalue weighted by molar-refractivity contribution is 7.71. The molecule has 0 aliphatic rings. The minimum Gasteiger partial charge on any atom is -0.309 e. The molecule has 112 valence electrons. The van der Waals surface area contributed by atoms with E-state index in [4.69, 9.17) is 12.2 Å². The molecular weight excluding hydrogens is 318 g/mol. The van der Waals surface area contributed by atoms with E-state index in [1.807, 2.05) is 36.6 Å². The van der Waals surface area contributed by atoms with Crippen molar-refractivity contribution in [1.29, 1.82) is 0 Å². The van der Waals surface area contributed by atoms with Gasteiger partial charge in [-0.25, -0.2) is 4.98 Å². The Morgan fingerprint density at radius 3 is 3.09 bits per heavy atom. The van der Waals surface area contributed by atoms with E-state index in [0.717, 1.165) is 10.4 Å². The Balaban J connectivity index is 1.80. The second-order valence-electron chi connectivity index (χ2n) is 4.68. The van der Waals surface area contributed by atoms with Gasteiger partial charge in [0.25, 0.3) is 0 Å². The van der Waals surface area contributed by atoms with Gasteiger partial charge in [-0.1, -0.05) is 6.07 Å². The molecule has 0 unspecified atom stereocenters. The monoisotopic (exact) mass is 331 g/mol. The number of carbonyl (C=O) groups is 1. The van der Waals surface area contributed by atoms with E-state index in [0.29, 0.717) is 16.4 Å². The summed E-state index contributed by atoms with van der Waals surface area (Å²) in [7, 11) is 0. The summed E-state index contributed by atoms with van der Waals surface area (Å²) in [6.45, 7) is 2.02. The lowest BCUT2D eigenvalue weighted by atomic mass is 10.3. The highest BCUT2D eigenvalue weighted by atomic mass is 32.1. The summed E-state index contributed by atoms with van der Waals surface area (Å²) >= 11 is 6.75. The first-order valence-corrected chi connectivity index (χ1v) is 7.84. The maximum atomic E-state index is 12.2. The summed E-state index contributed by atoms with van der Waals surface area (Å²) in [5.41, 5.74) is 1.03. The molecule has 0 aromatic carbocycles. The lowest BCUT2D eigenvalue weighted by molar-refractivity contribution is -0.116. The molecule has 3 aromatic heterocycles. The van der Waals surface area contributed by atoms with Crippen LogP contribution >= 0.6 is 23.6 Å². The predicted octanol–water partition coefficient (Wildman–Crippen LogP) is 3.01. The SMILES string of the molecule is Cc1ccnc(NC(=O)Cn2c(-c3cccs3)n[nH]c2=S)c1. The molecule has 0 bridgehead atoms. The summed E-state index contributed by atoms with van der Waals surface area (Å²) in [5.74, 6) is 0.985. The number of rotatable bonds is 4. The van der Waals surface area contributed by atoms with Crippen molar-refractivity contribution in [2.45, 2.75) is 13.5 Å². The van der Waals surface area contributed by atoms with Gasteiger partial charge in [-0.2, -0.15) is 5.10 Å². The first kappa shape index (κ1) is 14.6. The Bertz CT molecular complexity index is 850. The van der Waals surface area contributed by atoms with Crippen LogP contribution in [0.4, 0.5) is 5.82 Å². The third kappa shape index (κ3) is 3.12. The van der Waals surface area contributed by atoms with Crippen LogP contribution in [0.25, 0.3) is 10.7 Å². The quantitative estimate of drug-likeness (QED) is 0.721. The zero-order valence-electron chi connectivity index (χ0n) is 11.7. The highest BCUT2D eigenvalue weighted by Gasteiger charge is 2.13. The number of hydrogen-bond donors (Lipinski definition) is 2. The first-order chi connectivity index (χ1) is 10.6. The topological polar surface area (TPSA) is 75.6 Å². The van der Waals surface area contributed by atoms with Crippen LogP contribution in [0.15, 0.2) is 35.8 Å². The number of thiophene rings is 1. The van der Waals surface area contributed by atoms with Gasteiger partial charge in [0.2, 0.25) is 5.91 Å². The average molecular weight is 331 g/mol. The van der Waals surface area contributed by atoms with Crippen molar-refractivity contribution in [2.75, 3.05) is 5.32 Å². The molecule has 0 saturated heterocycles. The fourth-order valence-electron chi connectivity index (χ4n) is 1.99. The van der Waals surface area contributed by atoms with E-state index >= 15 is 0 Å². The van der Waals surface area contributed by atoms with Crippen LogP contribution in [0.1, 0.15) is 5.56 Å². The molecule has 3 aromatic rings. The highest BCUT2D eigenvalue weighted by Crippen LogP contribution is 2.22. The third-order valence-corrected chi connectivity index (χ3v) is 4.16. The Morgan fingerprint density at radius 2 is 2.36 bits per heavy atom. The van der Waals surface area contributed by atoms with E-state index in [2.05, 4.69) is 20.5 Å². The van der Waals surface area contributed by atoms with E-state index in [9.17, 15) is 4.79 Å². The fraction of sp³-hybridized carbons (Fsp3) is 0.143. The molecule has 0 fully saturated rings. The molecule has 3 rings (SSSR count). The summed E-state index contributed by atoms with van der Waals surface area (Å²) < 4.78 is 2.09.